The van der Waals surface area contributed by atoms with Gasteiger partial charge >= 0.3 is 0 Å². The van der Waals surface area contributed by atoms with Crippen molar-refractivity contribution in [2.75, 3.05) is 31.6 Å². The van der Waals surface area contributed by atoms with Crippen molar-refractivity contribution in [2.24, 2.45) is 5.73 Å². The first kappa shape index (κ1) is 12.8. The van der Waals surface area contributed by atoms with Crippen molar-refractivity contribution < 1.29 is 4.74 Å². The zero-order valence-electron chi connectivity index (χ0n) is 10.1. The van der Waals surface area contributed by atoms with E-state index in [2.05, 4.69) is 16.8 Å². The van der Waals surface area contributed by atoms with E-state index in [4.69, 9.17) is 10.5 Å². The van der Waals surface area contributed by atoms with Crippen molar-refractivity contribution in [3.05, 3.63) is 18.3 Å². The smallest absolute Gasteiger partial charge is 0.171 e. The summed E-state index contributed by atoms with van der Waals surface area (Å²) in [5, 5.41) is 0. The van der Waals surface area contributed by atoms with Gasteiger partial charge in [-0.05, 0) is 31.5 Å². The van der Waals surface area contributed by atoms with Crippen LogP contribution in [0.4, 0.5) is 5.82 Å². The van der Waals surface area contributed by atoms with Crippen LogP contribution in [0.25, 0.3) is 0 Å². The first-order chi connectivity index (χ1) is 7.79. The Balaban J connectivity index is 2.68. The molecule has 1 aromatic rings. The Bertz CT molecular complexity index is 304. The van der Waals surface area contributed by atoms with Crippen molar-refractivity contribution in [3.8, 4) is 5.75 Å². The van der Waals surface area contributed by atoms with Crippen LogP contribution in [0.2, 0.25) is 0 Å². The molecule has 0 unspecified atom stereocenters. The van der Waals surface area contributed by atoms with Crippen molar-refractivity contribution in [1.82, 2.24) is 4.98 Å². The van der Waals surface area contributed by atoms with Crippen LogP contribution in [0.15, 0.2) is 18.3 Å². The molecule has 4 nitrogen and oxygen atoms in total. The van der Waals surface area contributed by atoms with Crippen LogP contribution >= 0.6 is 0 Å². The van der Waals surface area contributed by atoms with Gasteiger partial charge < -0.3 is 15.4 Å². The van der Waals surface area contributed by atoms with Crippen LogP contribution in [0.1, 0.15) is 19.8 Å². The minimum absolute atomic E-state index is 0.697. The number of aromatic nitrogens is 1. The van der Waals surface area contributed by atoms with Crippen molar-refractivity contribution in [3.63, 3.8) is 0 Å². The Labute approximate surface area is 97.4 Å². The summed E-state index contributed by atoms with van der Waals surface area (Å²) in [7, 11) is 2.01. The minimum atomic E-state index is 0.697. The van der Waals surface area contributed by atoms with Crippen LogP contribution in [0.3, 0.4) is 0 Å². The second-order valence-corrected chi connectivity index (χ2v) is 3.74. The second-order valence-electron chi connectivity index (χ2n) is 3.74. The van der Waals surface area contributed by atoms with E-state index in [1.165, 1.54) is 0 Å². The highest BCUT2D eigenvalue weighted by Crippen LogP contribution is 2.24. The number of rotatable bonds is 7. The highest BCUT2D eigenvalue weighted by molar-refractivity contribution is 5.51. The summed E-state index contributed by atoms with van der Waals surface area (Å²) in [6.45, 7) is 4.41. The van der Waals surface area contributed by atoms with Gasteiger partial charge in [-0.25, -0.2) is 4.98 Å². The maximum Gasteiger partial charge on any atom is 0.171 e. The van der Waals surface area contributed by atoms with Crippen LogP contribution in [-0.2, 0) is 0 Å². The monoisotopic (exact) mass is 223 g/mol. The molecule has 0 aliphatic rings. The summed E-state index contributed by atoms with van der Waals surface area (Å²) in [5.41, 5.74) is 5.49. The molecule has 0 aliphatic carbocycles. The highest BCUT2D eigenvalue weighted by atomic mass is 16.5. The number of ether oxygens (including phenoxy) is 1. The van der Waals surface area contributed by atoms with Gasteiger partial charge in [-0.15, -0.1) is 0 Å². The topological polar surface area (TPSA) is 51.4 Å². The van der Waals surface area contributed by atoms with Crippen LogP contribution in [-0.4, -0.2) is 31.7 Å². The highest BCUT2D eigenvalue weighted by Gasteiger charge is 2.08. The number of anilines is 1. The predicted octanol–water partition coefficient (Wildman–Crippen LogP) is 1.66. The fraction of sp³-hybridized carbons (Fsp3) is 0.583. The van der Waals surface area contributed by atoms with E-state index in [9.17, 15) is 0 Å². The lowest BCUT2D eigenvalue weighted by Crippen LogP contribution is -2.22. The van der Waals surface area contributed by atoms with E-state index >= 15 is 0 Å². The summed E-state index contributed by atoms with van der Waals surface area (Å²) in [5.74, 6) is 1.74. The van der Waals surface area contributed by atoms with Crippen molar-refractivity contribution in [1.29, 1.82) is 0 Å². The van der Waals surface area contributed by atoms with Gasteiger partial charge in [0.1, 0.15) is 0 Å². The number of nitrogens with zero attached hydrogens (tertiary/aromatic N) is 2. The molecule has 0 radical (unpaired) electrons. The van der Waals surface area contributed by atoms with Gasteiger partial charge in [-0.3, -0.25) is 0 Å². The van der Waals surface area contributed by atoms with Gasteiger partial charge in [0.15, 0.2) is 11.6 Å². The Morgan fingerprint density at radius 1 is 1.50 bits per heavy atom. The summed E-state index contributed by atoms with van der Waals surface area (Å²) < 4.78 is 5.65. The molecule has 1 aromatic heterocycles. The third-order valence-electron chi connectivity index (χ3n) is 2.27. The first-order valence-corrected chi connectivity index (χ1v) is 5.78. The molecule has 0 amide bonds. The fourth-order valence-corrected chi connectivity index (χ4v) is 1.43. The molecule has 16 heavy (non-hydrogen) atoms. The Kier molecular flexibility index (Phi) is 5.64. The molecule has 0 saturated heterocycles. The summed E-state index contributed by atoms with van der Waals surface area (Å²) in [6.07, 6.45) is 3.74. The molecule has 1 heterocycles. The van der Waals surface area contributed by atoms with Crippen molar-refractivity contribution in [2.45, 2.75) is 19.8 Å². The van der Waals surface area contributed by atoms with E-state index < -0.39 is 0 Å². The molecule has 0 aliphatic heterocycles. The molecule has 0 fully saturated rings. The van der Waals surface area contributed by atoms with E-state index in [1.54, 1.807) is 6.20 Å². The Morgan fingerprint density at radius 2 is 2.31 bits per heavy atom. The summed E-state index contributed by atoms with van der Waals surface area (Å²) in [6, 6.07) is 3.85. The van der Waals surface area contributed by atoms with Crippen LogP contribution in [0, 0.1) is 0 Å². The number of hydrogen-bond acceptors (Lipinski definition) is 4. The third kappa shape index (κ3) is 3.70. The largest absolute Gasteiger partial charge is 0.490 e. The van der Waals surface area contributed by atoms with E-state index in [1.807, 2.05) is 19.2 Å². The summed E-state index contributed by atoms with van der Waals surface area (Å²) in [4.78, 5) is 6.43. The van der Waals surface area contributed by atoms with Crippen molar-refractivity contribution >= 4 is 5.82 Å². The molecule has 90 valence electrons. The zero-order chi connectivity index (χ0) is 11.8. The standard InChI is InChI=1S/C12H21N3O/c1-3-10-16-11-6-4-8-14-12(11)15(2)9-5-7-13/h4,6,8H,3,5,7,9-10,13H2,1-2H3. The number of nitrogens with two attached hydrogens (primary N) is 1. The summed E-state index contributed by atoms with van der Waals surface area (Å²) >= 11 is 0. The molecule has 0 atom stereocenters. The lowest BCUT2D eigenvalue weighted by atomic mass is 10.3. The molecule has 0 aromatic carbocycles. The molecule has 4 heteroatoms. The second kappa shape index (κ2) is 7.06. The quantitative estimate of drug-likeness (QED) is 0.763. The Hall–Kier alpha value is -1.29. The predicted molar refractivity (Wildman–Crippen MR) is 67.0 cm³/mol. The maximum atomic E-state index is 5.65. The zero-order valence-corrected chi connectivity index (χ0v) is 10.1. The molecule has 1 rings (SSSR count). The van der Waals surface area contributed by atoms with Gasteiger partial charge in [-0.2, -0.15) is 0 Å². The number of pyridine rings is 1. The molecular weight excluding hydrogens is 202 g/mol. The molecule has 2 N–H and O–H groups in total. The van der Waals surface area contributed by atoms with Crippen LogP contribution < -0.4 is 15.4 Å². The van der Waals surface area contributed by atoms with Gasteiger partial charge in [0.2, 0.25) is 0 Å². The first-order valence-electron chi connectivity index (χ1n) is 5.78. The minimum Gasteiger partial charge on any atom is -0.490 e. The van der Waals surface area contributed by atoms with Crippen LogP contribution in [0.5, 0.6) is 5.75 Å². The van der Waals surface area contributed by atoms with Gasteiger partial charge in [-0.1, -0.05) is 6.92 Å². The molecular formula is C12H21N3O. The average Bonchev–Trinajstić information content (AvgIpc) is 2.33. The maximum absolute atomic E-state index is 5.65. The van der Waals surface area contributed by atoms with Gasteiger partial charge in [0.25, 0.3) is 0 Å². The van der Waals surface area contributed by atoms with Gasteiger partial charge in [0.05, 0.1) is 6.61 Å². The van der Waals surface area contributed by atoms with E-state index in [0.717, 1.165) is 37.6 Å². The number of hydrogen-bond donors (Lipinski definition) is 1. The lowest BCUT2D eigenvalue weighted by molar-refractivity contribution is 0.316. The third-order valence-corrected chi connectivity index (χ3v) is 2.27. The molecule has 0 saturated carbocycles. The SMILES string of the molecule is CCCOc1cccnc1N(C)CCCN. The molecule has 0 spiro atoms. The molecule has 0 bridgehead atoms. The lowest BCUT2D eigenvalue weighted by Gasteiger charge is -2.20. The Morgan fingerprint density at radius 3 is 3.00 bits per heavy atom. The average molecular weight is 223 g/mol. The van der Waals surface area contributed by atoms with Gasteiger partial charge in [0, 0.05) is 19.8 Å². The fourth-order valence-electron chi connectivity index (χ4n) is 1.43. The normalized spacial score (nSPS) is 10.2. The van der Waals surface area contributed by atoms with E-state index in [-0.39, 0.29) is 0 Å². The van der Waals surface area contributed by atoms with E-state index in [0.29, 0.717) is 6.54 Å².